The standard InChI is InChI=1S/C29H30Cl2N4O/c30-23-11-8-20(9-12-23)28-26(19-33-14-16-34(17-15-33)29(36)21-4-3-5-21)35-18-22(10-13-27(35)32-28)24-6-1-2-7-25(24)31/h1-2,6-13,18,21,27,32H,3-5,14-17,19H2. The molecule has 1 amide bonds. The van der Waals surface area contributed by atoms with Crippen molar-refractivity contribution in [3.05, 3.63) is 93.8 Å². The van der Waals surface area contributed by atoms with E-state index >= 15 is 0 Å². The normalized spacial score (nSPS) is 22.3. The van der Waals surface area contributed by atoms with Gasteiger partial charge in [-0.25, -0.2) is 0 Å². The molecule has 1 saturated heterocycles. The van der Waals surface area contributed by atoms with E-state index < -0.39 is 0 Å². The second-order valence-electron chi connectivity index (χ2n) is 9.98. The highest BCUT2D eigenvalue weighted by Crippen LogP contribution is 2.36. The summed E-state index contributed by atoms with van der Waals surface area (Å²) in [4.78, 5) is 19.6. The fourth-order valence-electron chi connectivity index (χ4n) is 5.42. The lowest BCUT2D eigenvalue weighted by atomic mass is 9.84. The third kappa shape index (κ3) is 4.56. The minimum Gasteiger partial charge on any atom is -0.360 e. The number of hydrogen-bond acceptors (Lipinski definition) is 4. The van der Waals surface area contributed by atoms with Crippen molar-refractivity contribution >= 4 is 40.4 Å². The Bertz CT molecular complexity index is 1240. The molecule has 0 radical (unpaired) electrons. The minimum atomic E-state index is 0.0402. The predicted molar refractivity (Wildman–Crippen MR) is 146 cm³/mol. The van der Waals surface area contributed by atoms with Crippen molar-refractivity contribution in [3.63, 3.8) is 0 Å². The summed E-state index contributed by atoms with van der Waals surface area (Å²) in [6.45, 7) is 4.16. The van der Waals surface area contributed by atoms with Gasteiger partial charge in [0.2, 0.25) is 5.91 Å². The molecule has 0 bridgehead atoms. The molecule has 186 valence electrons. The van der Waals surface area contributed by atoms with Crippen LogP contribution in [-0.2, 0) is 4.79 Å². The molecular formula is C29H30Cl2N4O. The molecule has 36 heavy (non-hydrogen) atoms. The average molecular weight is 521 g/mol. The molecule has 6 rings (SSSR count). The molecule has 0 aromatic heterocycles. The second kappa shape index (κ2) is 9.97. The summed E-state index contributed by atoms with van der Waals surface area (Å²) in [5, 5.41) is 5.19. The first-order chi connectivity index (χ1) is 17.6. The first-order valence-electron chi connectivity index (χ1n) is 12.8. The smallest absolute Gasteiger partial charge is 0.225 e. The fourth-order valence-corrected chi connectivity index (χ4v) is 5.79. The molecule has 1 unspecified atom stereocenters. The van der Waals surface area contributed by atoms with Crippen molar-refractivity contribution in [1.82, 2.24) is 20.0 Å². The van der Waals surface area contributed by atoms with Crippen LogP contribution in [0.2, 0.25) is 10.0 Å². The molecule has 7 heteroatoms. The van der Waals surface area contributed by atoms with Crippen molar-refractivity contribution in [3.8, 4) is 0 Å². The lowest BCUT2D eigenvalue weighted by Crippen LogP contribution is -2.51. The van der Waals surface area contributed by atoms with Crippen LogP contribution < -0.4 is 5.32 Å². The van der Waals surface area contributed by atoms with Gasteiger partial charge in [-0.05, 0) is 48.3 Å². The Morgan fingerprint density at radius 2 is 1.72 bits per heavy atom. The largest absolute Gasteiger partial charge is 0.360 e. The van der Waals surface area contributed by atoms with E-state index in [0.29, 0.717) is 5.91 Å². The maximum atomic E-state index is 12.7. The van der Waals surface area contributed by atoms with Crippen LogP contribution in [0.1, 0.15) is 30.4 Å². The summed E-state index contributed by atoms with van der Waals surface area (Å²) in [7, 11) is 0. The molecule has 2 aromatic rings. The molecule has 1 N–H and O–H groups in total. The van der Waals surface area contributed by atoms with E-state index in [-0.39, 0.29) is 12.1 Å². The number of nitrogens with one attached hydrogen (secondary N) is 1. The van der Waals surface area contributed by atoms with Crippen LogP contribution in [0.25, 0.3) is 11.3 Å². The van der Waals surface area contributed by atoms with Crippen molar-refractivity contribution in [2.75, 3.05) is 32.7 Å². The van der Waals surface area contributed by atoms with E-state index in [2.05, 4.69) is 56.6 Å². The molecule has 5 nitrogen and oxygen atoms in total. The Balaban J connectivity index is 1.27. The van der Waals surface area contributed by atoms with Gasteiger partial charge in [0.05, 0.1) is 11.4 Å². The highest BCUT2D eigenvalue weighted by Gasteiger charge is 2.35. The molecule has 2 fully saturated rings. The van der Waals surface area contributed by atoms with Crippen molar-refractivity contribution in [2.45, 2.75) is 25.4 Å². The van der Waals surface area contributed by atoms with Gasteiger partial charge in [0, 0.05) is 60.5 Å². The number of carbonyl (C=O) groups excluding carboxylic acids is 1. The van der Waals surface area contributed by atoms with Gasteiger partial charge < -0.3 is 15.1 Å². The number of piperazine rings is 1. The Kier molecular flexibility index (Phi) is 6.55. The number of hydrogen-bond donors (Lipinski definition) is 1. The van der Waals surface area contributed by atoms with Crippen LogP contribution in [0, 0.1) is 5.92 Å². The van der Waals surface area contributed by atoms with E-state index in [1.807, 2.05) is 30.3 Å². The van der Waals surface area contributed by atoms with E-state index in [9.17, 15) is 4.79 Å². The SMILES string of the molecule is O=C(C1CCC1)N1CCN(CC2=C(c3ccc(Cl)cc3)NC3C=CC(c4ccccc4Cl)=CN23)CC1. The summed E-state index contributed by atoms with van der Waals surface area (Å²) in [5.74, 6) is 0.627. The van der Waals surface area contributed by atoms with Gasteiger partial charge in [-0.3, -0.25) is 9.69 Å². The van der Waals surface area contributed by atoms with Gasteiger partial charge in [0.15, 0.2) is 0 Å². The zero-order valence-electron chi connectivity index (χ0n) is 20.2. The van der Waals surface area contributed by atoms with Crippen LogP contribution in [-0.4, -0.2) is 59.5 Å². The number of allylic oxidation sites excluding steroid dienone is 2. The number of nitrogens with zero attached hydrogens (tertiary/aromatic N) is 3. The maximum Gasteiger partial charge on any atom is 0.225 e. The average Bonchev–Trinajstić information content (AvgIpc) is 3.21. The van der Waals surface area contributed by atoms with Crippen LogP contribution in [0.15, 0.2) is 72.6 Å². The Morgan fingerprint density at radius 3 is 2.42 bits per heavy atom. The van der Waals surface area contributed by atoms with E-state index in [0.717, 1.165) is 78.0 Å². The van der Waals surface area contributed by atoms with Crippen LogP contribution in [0.5, 0.6) is 0 Å². The number of fused-ring (bicyclic) bond motifs is 1. The van der Waals surface area contributed by atoms with Crippen LogP contribution >= 0.6 is 23.2 Å². The lowest BCUT2D eigenvalue weighted by Gasteiger charge is -2.39. The summed E-state index contributed by atoms with van der Waals surface area (Å²) in [6, 6.07) is 16.0. The molecule has 3 aliphatic heterocycles. The first kappa shape index (κ1) is 23.7. The number of rotatable bonds is 5. The van der Waals surface area contributed by atoms with Crippen molar-refractivity contribution in [1.29, 1.82) is 0 Å². The summed E-state index contributed by atoms with van der Waals surface area (Å²) in [6.07, 6.45) is 9.89. The molecule has 2 aromatic carbocycles. The van der Waals surface area contributed by atoms with Gasteiger partial charge in [-0.2, -0.15) is 0 Å². The van der Waals surface area contributed by atoms with Crippen molar-refractivity contribution in [2.24, 2.45) is 5.92 Å². The Labute approximate surface area is 222 Å². The third-order valence-corrected chi connectivity index (χ3v) is 8.34. The van der Waals surface area contributed by atoms with Gasteiger partial charge in [-0.15, -0.1) is 0 Å². The van der Waals surface area contributed by atoms with E-state index in [4.69, 9.17) is 23.2 Å². The van der Waals surface area contributed by atoms with E-state index in [1.54, 1.807) is 0 Å². The molecule has 4 aliphatic rings. The molecule has 1 saturated carbocycles. The van der Waals surface area contributed by atoms with Crippen LogP contribution in [0.4, 0.5) is 0 Å². The lowest BCUT2D eigenvalue weighted by molar-refractivity contribution is -0.139. The van der Waals surface area contributed by atoms with Crippen LogP contribution in [0.3, 0.4) is 0 Å². The number of amides is 1. The van der Waals surface area contributed by atoms with E-state index in [1.165, 1.54) is 12.1 Å². The Hall–Kier alpha value is -2.73. The number of benzene rings is 2. The molecular weight excluding hydrogens is 491 g/mol. The van der Waals surface area contributed by atoms with Crippen molar-refractivity contribution < 1.29 is 4.79 Å². The molecule has 1 atom stereocenters. The predicted octanol–water partition coefficient (Wildman–Crippen LogP) is 5.45. The van der Waals surface area contributed by atoms with Gasteiger partial charge in [-0.1, -0.05) is 66.0 Å². The quantitative estimate of drug-likeness (QED) is 0.568. The van der Waals surface area contributed by atoms with Gasteiger partial charge in [0.25, 0.3) is 0 Å². The number of carbonyl (C=O) groups is 1. The monoisotopic (exact) mass is 520 g/mol. The highest BCUT2D eigenvalue weighted by atomic mass is 35.5. The second-order valence-corrected chi connectivity index (χ2v) is 10.8. The third-order valence-electron chi connectivity index (χ3n) is 7.76. The zero-order chi connectivity index (χ0) is 24.6. The van der Waals surface area contributed by atoms with Gasteiger partial charge in [0.1, 0.15) is 6.17 Å². The molecule has 1 aliphatic carbocycles. The summed E-state index contributed by atoms with van der Waals surface area (Å²) in [5.41, 5.74) is 5.56. The zero-order valence-corrected chi connectivity index (χ0v) is 21.7. The maximum absolute atomic E-state index is 12.7. The number of halogens is 2. The minimum absolute atomic E-state index is 0.0402. The first-order valence-corrected chi connectivity index (χ1v) is 13.5. The highest BCUT2D eigenvalue weighted by molar-refractivity contribution is 6.32. The molecule has 0 spiro atoms. The summed E-state index contributed by atoms with van der Waals surface area (Å²) < 4.78 is 0. The summed E-state index contributed by atoms with van der Waals surface area (Å²) >= 11 is 12.7. The Morgan fingerprint density at radius 1 is 0.972 bits per heavy atom. The molecule has 3 heterocycles. The topological polar surface area (TPSA) is 38.8 Å². The van der Waals surface area contributed by atoms with Gasteiger partial charge >= 0.3 is 0 Å². The fraction of sp³-hybridized carbons (Fsp3) is 0.345.